The number of anilines is 1. The average molecular weight is 408 g/mol. The van der Waals surface area contributed by atoms with E-state index in [9.17, 15) is 19.7 Å². The van der Waals surface area contributed by atoms with Crippen molar-refractivity contribution < 1.29 is 23.7 Å². The largest absolute Gasteiger partial charge is 0.449 e. The van der Waals surface area contributed by atoms with Crippen molar-refractivity contribution in [1.82, 2.24) is 0 Å². The normalized spacial score (nSPS) is 11.6. The zero-order chi connectivity index (χ0) is 21.8. The Kier molecular flexibility index (Phi) is 5.96. The molecule has 0 spiro atoms. The van der Waals surface area contributed by atoms with E-state index < -0.39 is 22.9 Å². The average Bonchev–Trinajstić information content (AvgIpc) is 3.20. The van der Waals surface area contributed by atoms with Crippen molar-refractivity contribution in [3.05, 3.63) is 81.6 Å². The summed E-state index contributed by atoms with van der Waals surface area (Å²) in [4.78, 5) is 34.9. The molecule has 3 aromatic rings. The van der Waals surface area contributed by atoms with Crippen molar-refractivity contribution in [2.75, 3.05) is 5.32 Å². The summed E-state index contributed by atoms with van der Waals surface area (Å²) in [6, 6.07) is 14.3. The van der Waals surface area contributed by atoms with Crippen LogP contribution >= 0.6 is 0 Å². The molecule has 1 aromatic heterocycles. The molecular weight excluding hydrogens is 388 g/mol. The minimum Gasteiger partial charge on any atom is -0.449 e. The lowest BCUT2D eigenvalue weighted by Crippen LogP contribution is -2.30. The van der Waals surface area contributed by atoms with E-state index in [4.69, 9.17) is 9.15 Å². The monoisotopic (exact) mass is 408 g/mol. The van der Waals surface area contributed by atoms with Crippen LogP contribution in [0.15, 0.2) is 59.0 Å². The summed E-state index contributed by atoms with van der Waals surface area (Å²) in [6.07, 6.45) is -1.04. The van der Waals surface area contributed by atoms with Gasteiger partial charge in [0.15, 0.2) is 6.10 Å². The highest BCUT2D eigenvalue weighted by atomic mass is 16.6. The fourth-order valence-electron chi connectivity index (χ4n) is 2.81. The smallest absolute Gasteiger partial charge is 0.375 e. The van der Waals surface area contributed by atoms with Crippen LogP contribution in [0.25, 0.3) is 11.3 Å². The van der Waals surface area contributed by atoms with Gasteiger partial charge in [0.2, 0.25) is 5.76 Å². The molecule has 8 heteroatoms. The minimum atomic E-state index is -1.04. The van der Waals surface area contributed by atoms with E-state index in [-0.39, 0.29) is 11.4 Å². The number of rotatable bonds is 6. The SMILES string of the molecule is Cc1ccc(NC(=O)[C@H](C)OC(=O)c2ccc(-c3ccc([N+](=O)[O-])cc3)o2)c(C)c1. The summed E-state index contributed by atoms with van der Waals surface area (Å²) in [6.45, 7) is 5.30. The van der Waals surface area contributed by atoms with E-state index in [1.54, 1.807) is 12.1 Å². The number of nitro groups is 1. The van der Waals surface area contributed by atoms with Crippen LogP contribution in [0.5, 0.6) is 0 Å². The lowest BCUT2D eigenvalue weighted by molar-refractivity contribution is -0.384. The predicted molar refractivity (Wildman–Crippen MR) is 110 cm³/mol. The first-order chi connectivity index (χ1) is 14.2. The van der Waals surface area contributed by atoms with Gasteiger partial charge in [0.05, 0.1) is 4.92 Å². The number of aryl methyl sites for hydroxylation is 2. The van der Waals surface area contributed by atoms with Gasteiger partial charge in [-0.1, -0.05) is 17.7 Å². The topological polar surface area (TPSA) is 112 Å². The molecule has 1 amide bonds. The molecule has 0 bridgehead atoms. The van der Waals surface area contributed by atoms with Crippen LogP contribution in [0.1, 0.15) is 28.6 Å². The molecule has 0 aliphatic heterocycles. The van der Waals surface area contributed by atoms with Crippen LogP contribution in [0.2, 0.25) is 0 Å². The Morgan fingerprint density at radius 2 is 1.77 bits per heavy atom. The van der Waals surface area contributed by atoms with E-state index in [2.05, 4.69) is 5.32 Å². The molecule has 0 radical (unpaired) electrons. The van der Waals surface area contributed by atoms with Crippen LogP contribution in [-0.2, 0) is 9.53 Å². The van der Waals surface area contributed by atoms with Crippen molar-refractivity contribution in [3.63, 3.8) is 0 Å². The van der Waals surface area contributed by atoms with Gasteiger partial charge < -0.3 is 14.5 Å². The van der Waals surface area contributed by atoms with Crippen molar-refractivity contribution >= 4 is 23.3 Å². The molecule has 0 unspecified atom stereocenters. The van der Waals surface area contributed by atoms with Crippen molar-refractivity contribution in [3.8, 4) is 11.3 Å². The highest BCUT2D eigenvalue weighted by molar-refractivity contribution is 5.97. The maximum Gasteiger partial charge on any atom is 0.375 e. The lowest BCUT2D eigenvalue weighted by atomic mass is 10.1. The second kappa shape index (κ2) is 8.60. The number of non-ortho nitro benzene ring substituents is 1. The molecule has 0 saturated heterocycles. The molecule has 2 aromatic carbocycles. The van der Waals surface area contributed by atoms with Crippen LogP contribution in [0.3, 0.4) is 0 Å². The maximum absolute atomic E-state index is 12.4. The molecule has 30 heavy (non-hydrogen) atoms. The zero-order valence-corrected chi connectivity index (χ0v) is 16.7. The Balaban J connectivity index is 1.64. The number of hydrogen-bond donors (Lipinski definition) is 1. The Labute approximate surface area is 172 Å². The first-order valence-corrected chi connectivity index (χ1v) is 9.18. The van der Waals surface area contributed by atoms with E-state index >= 15 is 0 Å². The van der Waals surface area contributed by atoms with Gasteiger partial charge in [0, 0.05) is 23.4 Å². The minimum absolute atomic E-state index is 0.0476. The fraction of sp³-hybridized carbons (Fsp3) is 0.182. The van der Waals surface area contributed by atoms with Crippen LogP contribution < -0.4 is 5.32 Å². The lowest BCUT2D eigenvalue weighted by Gasteiger charge is -2.14. The summed E-state index contributed by atoms with van der Waals surface area (Å²) < 4.78 is 10.7. The van der Waals surface area contributed by atoms with Crippen LogP contribution in [-0.4, -0.2) is 22.9 Å². The van der Waals surface area contributed by atoms with E-state index in [0.29, 0.717) is 17.0 Å². The van der Waals surface area contributed by atoms with Gasteiger partial charge in [-0.05, 0) is 56.7 Å². The molecule has 8 nitrogen and oxygen atoms in total. The van der Waals surface area contributed by atoms with Crippen molar-refractivity contribution in [1.29, 1.82) is 0 Å². The number of furan rings is 1. The predicted octanol–water partition coefficient (Wildman–Crippen LogP) is 4.66. The number of carbonyl (C=O) groups excluding carboxylic acids is 2. The Morgan fingerprint density at radius 1 is 1.07 bits per heavy atom. The van der Waals surface area contributed by atoms with Gasteiger partial charge in [-0.2, -0.15) is 0 Å². The van der Waals surface area contributed by atoms with Crippen LogP contribution in [0.4, 0.5) is 11.4 Å². The molecule has 154 valence electrons. The van der Waals surface area contributed by atoms with Gasteiger partial charge in [-0.15, -0.1) is 0 Å². The number of amides is 1. The van der Waals surface area contributed by atoms with Gasteiger partial charge in [0.1, 0.15) is 5.76 Å². The highest BCUT2D eigenvalue weighted by Crippen LogP contribution is 2.25. The third-order valence-electron chi connectivity index (χ3n) is 4.46. The highest BCUT2D eigenvalue weighted by Gasteiger charge is 2.22. The third-order valence-corrected chi connectivity index (χ3v) is 4.46. The fourth-order valence-corrected chi connectivity index (χ4v) is 2.81. The van der Waals surface area contributed by atoms with Crippen molar-refractivity contribution in [2.45, 2.75) is 26.9 Å². The number of nitro benzene ring substituents is 1. The first-order valence-electron chi connectivity index (χ1n) is 9.18. The number of nitrogens with one attached hydrogen (secondary N) is 1. The Morgan fingerprint density at radius 3 is 2.40 bits per heavy atom. The maximum atomic E-state index is 12.4. The molecule has 3 rings (SSSR count). The summed E-state index contributed by atoms with van der Waals surface area (Å²) in [5, 5.41) is 13.5. The summed E-state index contributed by atoms with van der Waals surface area (Å²) in [5.74, 6) is -0.970. The number of hydrogen-bond acceptors (Lipinski definition) is 6. The number of benzene rings is 2. The van der Waals surface area contributed by atoms with Gasteiger partial charge >= 0.3 is 5.97 Å². The Hall–Kier alpha value is -3.94. The molecule has 1 heterocycles. The van der Waals surface area contributed by atoms with Gasteiger partial charge in [-0.3, -0.25) is 14.9 Å². The standard InChI is InChI=1S/C22H20N2O6/c1-13-4-9-18(14(2)12-13)23-21(25)15(3)29-22(26)20-11-10-19(30-20)16-5-7-17(8-6-16)24(27)28/h4-12,15H,1-3H3,(H,23,25)/t15-/m0/s1. The summed E-state index contributed by atoms with van der Waals surface area (Å²) in [5.41, 5.74) is 3.15. The number of esters is 1. The van der Waals surface area contributed by atoms with Crippen molar-refractivity contribution in [2.24, 2.45) is 0 Å². The Bertz CT molecular complexity index is 1100. The van der Waals surface area contributed by atoms with Crippen LogP contribution in [0, 0.1) is 24.0 Å². The quantitative estimate of drug-likeness (QED) is 0.361. The van der Waals surface area contributed by atoms with E-state index in [1.807, 2.05) is 26.0 Å². The molecule has 0 aliphatic carbocycles. The molecule has 1 atom stereocenters. The molecule has 0 fully saturated rings. The molecule has 0 saturated carbocycles. The number of carbonyl (C=O) groups is 2. The van der Waals surface area contributed by atoms with E-state index in [0.717, 1.165) is 11.1 Å². The second-order valence-electron chi connectivity index (χ2n) is 6.82. The molecule has 1 N–H and O–H groups in total. The second-order valence-corrected chi connectivity index (χ2v) is 6.82. The molecular formula is C22H20N2O6. The first kappa shape index (κ1) is 20.8. The number of ether oxygens (including phenoxy) is 1. The summed E-state index contributed by atoms with van der Waals surface area (Å²) >= 11 is 0. The van der Waals surface area contributed by atoms with Gasteiger partial charge in [-0.25, -0.2) is 4.79 Å². The molecule has 0 aliphatic rings. The summed E-state index contributed by atoms with van der Waals surface area (Å²) in [7, 11) is 0. The van der Waals surface area contributed by atoms with Gasteiger partial charge in [0.25, 0.3) is 11.6 Å². The van der Waals surface area contributed by atoms with E-state index in [1.165, 1.54) is 37.3 Å². The zero-order valence-electron chi connectivity index (χ0n) is 16.7. The number of nitrogens with zero attached hydrogens (tertiary/aromatic N) is 1. The third kappa shape index (κ3) is 4.72.